The van der Waals surface area contributed by atoms with Crippen LogP contribution < -0.4 is 11.5 Å². The van der Waals surface area contributed by atoms with Crippen molar-refractivity contribution in [3.63, 3.8) is 0 Å². The maximum Gasteiger partial charge on any atom is 0.458 e. The highest BCUT2D eigenvalue weighted by Crippen LogP contribution is 2.47. The van der Waals surface area contributed by atoms with Gasteiger partial charge < -0.3 is 16.2 Å². The number of sulfone groups is 2. The Balaban J connectivity index is 0.000000462. The summed E-state index contributed by atoms with van der Waals surface area (Å²) in [5.41, 5.74) is 2.62. The van der Waals surface area contributed by atoms with E-state index in [0.717, 1.165) is 0 Å². The van der Waals surface area contributed by atoms with Crippen molar-refractivity contribution >= 4 is 37.5 Å². The van der Waals surface area contributed by atoms with Gasteiger partial charge in [0.1, 0.15) is 21.4 Å². The molecule has 24 heteroatoms. The summed E-state index contributed by atoms with van der Waals surface area (Å²) in [7, 11) is -8.00. The van der Waals surface area contributed by atoms with Gasteiger partial charge in [-0.3, -0.25) is 4.79 Å². The standard InChI is InChI=1S/C11H9F6N3O3S.C11H8F6O4S/c1-24(22,23)7-2-4(8(21)20-9(18)19)5(3-6(7)12)10(13,14)11(15,16)17;1-21-9(18)5-3-8(22(2,19)20)7(12)4-6(5)10(13,14)11(15,16)17/h2-3H,1H3,(H4,18,19,20,21);3-4H,1-2H3. The lowest BCUT2D eigenvalue weighted by Gasteiger charge is -2.22. The topological polar surface area (TPSA) is 176 Å². The second-order valence-electron chi connectivity index (χ2n) is 8.68. The van der Waals surface area contributed by atoms with E-state index in [-0.39, 0.29) is 24.3 Å². The van der Waals surface area contributed by atoms with Gasteiger partial charge >= 0.3 is 30.2 Å². The molecule has 0 saturated carbocycles. The van der Waals surface area contributed by atoms with Gasteiger partial charge in [0.05, 0.1) is 18.2 Å². The van der Waals surface area contributed by atoms with Crippen molar-refractivity contribution in [2.45, 2.75) is 34.0 Å². The van der Waals surface area contributed by atoms with E-state index in [2.05, 4.69) is 9.73 Å². The fourth-order valence-electron chi connectivity index (χ4n) is 3.13. The molecule has 4 N–H and O–H groups in total. The van der Waals surface area contributed by atoms with E-state index in [1.54, 1.807) is 0 Å². The average Bonchev–Trinajstić information content (AvgIpc) is 2.84. The molecule has 0 aliphatic rings. The maximum absolute atomic E-state index is 13.7. The number of nitrogens with two attached hydrogens (primary N) is 2. The SMILES string of the molecule is COC(=O)c1cc(S(C)(=O)=O)c(F)cc1C(F)(F)C(F)(F)F.CS(=O)(=O)c1cc(C(=O)N=C(N)N)c(C(F)(F)C(F)(F)F)cc1F. The lowest BCUT2D eigenvalue weighted by atomic mass is 10.00. The van der Waals surface area contributed by atoms with Crippen LogP contribution in [0, 0.1) is 11.6 Å². The predicted molar refractivity (Wildman–Crippen MR) is 130 cm³/mol. The number of alkyl halides is 10. The molecular weight excluding hydrogens is 710 g/mol. The summed E-state index contributed by atoms with van der Waals surface area (Å²) >= 11 is 0. The van der Waals surface area contributed by atoms with Crippen molar-refractivity contribution in [2.75, 3.05) is 19.6 Å². The summed E-state index contributed by atoms with van der Waals surface area (Å²) in [4.78, 5) is 23.3. The first kappa shape index (κ1) is 39.9. The number of ether oxygens (including phenoxy) is 1. The Morgan fingerprint density at radius 2 is 1.00 bits per heavy atom. The van der Waals surface area contributed by atoms with E-state index < -0.39 is 105 Å². The van der Waals surface area contributed by atoms with Gasteiger partial charge in [0.15, 0.2) is 25.6 Å². The fourth-order valence-corrected chi connectivity index (χ4v) is 4.62. The van der Waals surface area contributed by atoms with Crippen molar-refractivity contribution in [3.05, 3.63) is 58.2 Å². The van der Waals surface area contributed by atoms with Crippen LogP contribution in [0.4, 0.5) is 52.7 Å². The summed E-state index contributed by atoms with van der Waals surface area (Å²) in [5.74, 6) is -19.4. The number of methoxy groups -OCH3 is 1. The Labute approximate surface area is 249 Å². The number of rotatable bonds is 6. The van der Waals surface area contributed by atoms with E-state index in [1.165, 1.54) is 0 Å². The molecule has 0 atom stereocenters. The Hall–Kier alpha value is -4.09. The zero-order valence-electron chi connectivity index (χ0n) is 22.6. The third-order valence-electron chi connectivity index (χ3n) is 5.20. The lowest BCUT2D eigenvalue weighted by molar-refractivity contribution is -0.289. The van der Waals surface area contributed by atoms with Crippen LogP contribution in [0.2, 0.25) is 0 Å². The number of amides is 1. The number of halogens is 12. The van der Waals surface area contributed by atoms with Crippen molar-refractivity contribution in [1.29, 1.82) is 0 Å². The highest BCUT2D eigenvalue weighted by atomic mass is 32.2. The Bertz CT molecular complexity index is 1780. The van der Waals surface area contributed by atoms with Crippen molar-refractivity contribution in [1.82, 2.24) is 0 Å². The first-order valence-corrected chi connectivity index (χ1v) is 14.8. The molecule has 1 amide bonds. The maximum atomic E-state index is 13.7. The number of hydrogen-bond donors (Lipinski definition) is 2. The number of hydrogen-bond acceptors (Lipinski definition) is 7. The van der Waals surface area contributed by atoms with Crippen LogP contribution in [0.25, 0.3) is 0 Å². The smallest absolute Gasteiger partial charge is 0.458 e. The Morgan fingerprint density at radius 3 is 1.28 bits per heavy atom. The van der Waals surface area contributed by atoms with E-state index in [0.29, 0.717) is 19.6 Å². The average molecular weight is 728 g/mol. The molecule has 46 heavy (non-hydrogen) atoms. The summed E-state index contributed by atoms with van der Waals surface area (Å²) in [6.45, 7) is 0. The highest BCUT2D eigenvalue weighted by molar-refractivity contribution is 7.91. The van der Waals surface area contributed by atoms with Gasteiger partial charge in [-0.1, -0.05) is 0 Å². The van der Waals surface area contributed by atoms with Crippen molar-refractivity contribution < 1.29 is 83.8 Å². The number of nitrogens with zero attached hydrogens (tertiary/aromatic N) is 1. The minimum absolute atomic E-state index is 0.0222. The fraction of sp³-hybridized carbons (Fsp3) is 0.318. The predicted octanol–water partition coefficient (Wildman–Crippen LogP) is 3.97. The molecule has 2 rings (SSSR count). The number of guanidine groups is 1. The number of benzene rings is 2. The molecule has 0 aromatic heterocycles. The molecule has 0 saturated heterocycles. The molecule has 0 fully saturated rings. The molecule has 0 aliphatic carbocycles. The lowest BCUT2D eigenvalue weighted by Crippen LogP contribution is -2.35. The van der Waals surface area contributed by atoms with Crippen LogP contribution in [-0.2, 0) is 36.3 Å². The molecular formula is C22H17F12N3O7S2. The van der Waals surface area contributed by atoms with Crippen LogP contribution in [0.3, 0.4) is 0 Å². The van der Waals surface area contributed by atoms with Gasteiger partial charge in [0, 0.05) is 23.6 Å². The molecule has 2 aromatic rings. The summed E-state index contributed by atoms with van der Waals surface area (Å²) < 4.78 is 205. The van der Waals surface area contributed by atoms with Crippen LogP contribution >= 0.6 is 0 Å². The minimum Gasteiger partial charge on any atom is -0.465 e. The number of carbonyl (C=O) groups is 2. The van der Waals surface area contributed by atoms with E-state index >= 15 is 0 Å². The van der Waals surface area contributed by atoms with Gasteiger partial charge in [0.25, 0.3) is 5.91 Å². The molecule has 0 unspecified atom stereocenters. The minimum atomic E-state index is -6.18. The van der Waals surface area contributed by atoms with E-state index in [4.69, 9.17) is 11.5 Å². The van der Waals surface area contributed by atoms with E-state index in [1.807, 2.05) is 0 Å². The monoisotopic (exact) mass is 727 g/mol. The first-order valence-electron chi connectivity index (χ1n) is 11.0. The largest absolute Gasteiger partial charge is 0.465 e. The van der Waals surface area contributed by atoms with Gasteiger partial charge in [-0.15, -0.1) is 0 Å². The summed E-state index contributed by atoms with van der Waals surface area (Å²) in [6, 6.07) is -0.616. The van der Waals surface area contributed by atoms with Crippen LogP contribution in [-0.4, -0.2) is 66.6 Å². The summed E-state index contributed by atoms with van der Waals surface area (Å²) in [5, 5.41) is 0. The molecule has 2 aromatic carbocycles. The molecule has 10 nitrogen and oxygen atoms in total. The van der Waals surface area contributed by atoms with Gasteiger partial charge in [0.2, 0.25) is 0 Å². The molecule has 0 aliphatic heterocycles. The van der Waals surface area contributed by atoms with Crippen molar-refractivity contribution in [3.8, 4) is 0 Å². The van der Waals surface area contributed by atoms with Gasteiger partial charge in [-0.05, 0) is 24.3 Å². The highest BCUT2D eigenvalue weighted by Gasteiger charge is 2.61. The molecule has 0 heterocycles. The number of aliphatic imine (C=N–C) groups is 1. The second-order valence-corrected chi connectivity index (χ2v) is 12.6. The molecule has 0 bridgehead atoms. The summed E-state index contributed by atoms with van der Waals surface area (Å²) in [6.07, 6.45) is -11.3. The Kier molecular flexibility index (Phi) is 11.3. The molecule has 0 spiro atoms. The first-order chi connectivity index (χ1) is 20.3. The Morgan fingerprint density at radius 1 is 0.674 bits per heavy atom. The van der Waals surface area contributed by atoms with Gasteiger partial charge in [-0.25, -0.2) is 30.4 Å². The zero-order chi connectivity index (χ0) is 36.6. The zero-order valence-corrected chi connectivity index (χ0v) is 24.3. The van der Waals surface area contributed by atoms with E-state index in [9.17, 15) is 79.1 Å². The number of carbonyl (C=O) groups excluding carboxylic acids is 2. The third-order valence-corrected chi connectivity index (χ3v) is 7.42. The van der Waals surface area contributed by atoms with Gasteiger partial charge in [-0.2, -0.15) is 48.9 Å². The van der Waals surface area contributed by atoms with Crippen LogP contribution in [0.15, 0.2) is 39.0 Å². The second kappa shape index (κ2) is 13.0. The number of esters is 1. The van der Waals surface area contributed by atoms with Crippen LogP contribution in [0.5, 0.6) is 0 Å². The normalized spacial score (nSPS) is 12.9. The van der Waals surface area contributed by atoms with Crippen molar-refractivity contribution in [2.24, 2.45) is 16.5 Å². The van der Waals surface area contributed by atoms with Crippen LogP contribution in [0.1, 0.15) is 31.8 Å². The quantitative estimate of drug-likeness (QED) is 0.193. The third kappa shape index (κ3) is 8.58. The molecule has 0 radical (unpaired) electrons. The molecule has 258 valence electrons.